The molecule has 1 aliphatic rings. The first kappa shape index (κ1) is 13.4. The molecule has 0 atom stereocenters. The predicted molar refractivity (Wildman–Crippen MR) is 82.9 cm³/mol. The molecule has 1 heterocycles. The van der Waals surface area contributed by atoms with Gasteiger partial charge in [-0.1, -0.05) is 29.8 Å². The molecule has 1 nitrogen and oxygen atoms in total. The number of nitrogens with zero attached hydrogens (tertiary/aromatic N) is 1. The lowest BCUT2D eigenvalue weighted by molar-refractivity contribution is 0.980. The fourth-order valence-electron chi connectivity index (χ4n) is 1.95. The first-order valence-corrected chi connectivity index (χ1v) is 6.80. The minimum absolute atomic E-state index is 0.748. The number of halogens is 1. The van der Waals surface area contributed by atoms with Crippen LogP contribution in [0.15, 0.2) is 51.4 Å². The third kappa shape index (κ3) is 2.88. The molecule has 0 fully saturated rings. The van der Waals surface area contributed by atoms with E-state index in [1.54, 1.807) is 0 Å². The number of thiol groups is 1. The fraction of sp³-hybridized carbons (Fsp3) is 0.267. The highest BCUT2D eigenvalue weighted by molar-refractivity contribution is 7.84. The van der Waals surface area contributed by atoms with Crippen molar-refractivity contribution in [3.05, 3.63) is 57.0 Å². The average molecular weight is 278 g/mol. The molecule has 0 unspecified atom stereocenters. The molecule has 1 aromatic rings. The fourth-order valence-corrected chi connectivity index (χ4v) is 2.19. The summed E-state index contributed by atoms with van der Waals surface area (Å²) in [4.78, 5) is 5.68. The van der Waals surface area contributed by atoms with Gasteiger partial charge in [0, 0.05) is 22.7 Å². The van der Waals surface area contributed by atoms with Crippen LogP contribution in [-0.2, 0) is 0 Å². The van der Waals surface area contributed by atoms with E-state index in [9.17, 15) is 0 Å². The summed E-state index contributed by atoms with van der Waals surface area (Å²) in [5, 5.41) is 0.748. The Morgan fingerprint density at radius 2 is 1.89 bits per heavy atom. The van der Waals surface area contributed by atoms with Gasteiger partial charge in [0.2, 0.25) is 0 Å². The van der Waals surface area contributed by atoms with Crippen molar-refractivity contribution in [3.63, 3.8) is 0 Å². The largest absolute Gasteiger partial charge is 0.284 e. The maximum atomic E-state index is 5.92. The van der Waals surface area contributed by atoms with Crippen LogP contribution in [0.25, 0.3) is 0 Å². The Labute approximate surface area is 119 Å². The Bertz CT molecular complexity index is 534. The van der Waals surface area contributed by atoms with E-state index in [4.69, 9.17) is 11.6 Å². The number of allylic oxidation sites excluding steroid dienone is 3. The highest BCUT2D eigenvalue weighted by atomic mass is 35.5. The topological polar surface area (TPSA) is 12.4 Å². The Morgan fingerprint density at radius 3 is 2.50 bits per heavy atom. The molecule has 94 valence electrons. The molecule has 18 heavy (non-hydrogen) atoms. The maximum Gasteiger partial charge on any atom is 0.0718 e. The summed E-state index contributed by atoms with van der Waals surface area (Å²) in [5.41, 5.74) is 4.53. The van der Waals surface area contributed by atoms with Crippen LogP contribution in [0.1, 0.15) is 25.8 Å². The van der Waals surface area contributed by atoms with E-state index in [0.717, 1.165) is 34.2 Å². The van der Waals surface area contributed by atoms with Crippen molar-refractivity contribution >= 4 is 29.9 Å². The molecule has 0 amide bonds. The molecule has 0 saturated heterocycles. The zero-order valence-electron chi connectivity index (χ0n) is 10.6. The zero-order valence-corrected chi connectivity index (χ0v) is 12.2. The van der Waals surface area contributed by atoms with E-state index in [1.807, 2.05) is 31.2 Å². The van der Waals surface area contributed by atoms with E-state index in [0.29, 0.717) is 0 Å². The monoisotopic (exact) mass is 277 g/mol. The second-order valence-electron chi connectivity index (χ2n) is 4.35. The molecule has 0 N–H and O–H groups in total. The van der Waals surface area contributed by atoms with Crippen LogP contribution in [0.4, 0.5) is 0 Å². The maximum absolute atomic E-state index is 5.92. The summed E-state index contributed by atoms with van der Waals surface area (Å²) in [6.07, 6.45) is 3.23. The van der Waals surface area contributed by atoms with Crippen LogP contribution in [0.3, 0.4) is 0 Å². The van der Waals surface area contributed by atoms with Crippen molar-refractivity contribution in [3.8, 4) is 0 Å². The Morgan fingerprint density at radius 1 is 1.22 bits per heavy atom. The summed E-state index contributed by atoms with van der Waals surface area (Å²) in [6.45, 7) is 4.94. The molecule has 0 bridgehead atoms. The second-order valence-corrected chi connectivity index (χ2v) is 5.46. The van der Waals surface area contributed by atoms with E-state index >= 15 is 0 Å². The van der Waals surface area contributed by atoms with Crippen molar-refractivity contribution in [2.75, 3.05) is 6.54 Å². The molecule has 1 aromatic carbocycles. The van der Waals surface area contributed by atoms with E-state index in [2.05, 4.69) is 30.6 Å². The van der Waals surface area contributed by atoms with Gasteiger partial charge in [0.15, 0.2) is 0 Å². The number of rotatable bonds is 2. The van der Waals surface area contributed by atoms with Crippen LogP contribution in [-0.4, -0.2) is 12.3 Å². The molecular formula is C15H16ClNS. The highest BCUT2D eigenvalue weighted by Crippen LogP contribution is 2.25. The van der Waals surface area contributed by atoms with Gasteiger partial charge in [-0.25, -0.2) is 0 Å². The van der Waals surface area contributed by atoms with Gasteiger partial charge in [0.05, 0.1) is 5.71 Å². The van der Waals surface area contributed by atoms with E-state index in [1.165, 1.54) is 11.1 Å². The van der Waals surface area contributed by atoms with Gasteiger partial charge in [-0.05, 0) is 42.9 Å². The van der Waals surface area contributed by atoms with Gasteiger partial charge < -0.3 is 0 Å². The van der Waals surface area contributed by atoms with Crippen molar-refractivity contribution in [2.24, 2.45) is 4.99 Å². The molecule has 3 heteroatoms. The van der Waals surface area contributed by atoms with E-state index < -0.39 is 0 Å². The smallest absolute Gasteiger partial charge is 0.0718 e. The van der Waals surface area contributed by atoms with Gasteiger partial charge in [0.25, 0.3) is 0 Å². The first-order chi connectivity index (χ1) is 8.59. The standard InChI is InChI=1S/C15H16ClNS/c1-10(11(2)18)14-4-3-9-17-15(14)12-5-7-13(16)8-6-12/h4-8,18H,3,9H2,1-2H3/b11-10-. The van der Waals surface area contributed by atoms with Gasteiger partial charge in [-0.2, -0.15) is 0 Å². The second kappa shape index (κ2) is 5.77. The third-order valence-corrected chi connectivity index (χ3v) is 3.65. The summed E-state index contributed by atoms with van der Waals surface area (Å²) in [6, 6.07) is 7.83. The summed E-state index contributed by atoms with van der Waals surface area (Å²) < 4.78 is 0. The molecule has 2 rings (SSSR count). The summed E-state index contributed by atoms with van der Waals surface area (Å²) in [7, 11) is 0. The molecule has 0 aromatic heterocycles. The lowest BCUT2D eigenvalue weighted by atomic mass is 9.93. The van der Waals surface area contributed by atoms with E-state index in [-0.39, 0.29) is 0 Å². The lowest BCUT2D eigenvalue weighted by Crippen LogP contribution is -2.11. The van der Waals surface area contributed by atoms with Crippen LogP contribution in [0.5, 0.6) is 0 Å². The van der Waals surface area contributed by atoms with Gasteiger partial charge in [-0.3, -0.25) is 4.99 Å². The summed E-state index contributed by atoms with van der Waals surface area (Å²) >= 11 is 10.4. The van der Waals surface area contributed by atoms with Crippen molar-refractivity contribution in [2.45, 2.75) is 20.3 Å². The molecule has 0 saturated carbocycles. The SMILES string of the molecule is C/C(S)=C(\C)C1=CCCN=C1c1ccc(Cl)cc1. The van der Waals surface area contributed by atoms with Crippen LogP contribution in [0, 0.1) is 0 Å². The predicted octanol–water partition coefficient (Wildman–Crippen LogP) is 4.68. The van der Waals surface area contributed by atoms with Gasteiger partial charge in [-0.15, -0.1) is 12.6 Å². The molecular weight excluding hydrogens is 262 g/mol. The minimum Gasteiger partial charge on any atom is -0.284 e. The van der Waals surface area contributed by atoms with Crippen molar-refractivity contribution in [1.82, 2.24) is 0 Å². The molecule has 0 radical (unpaired) electrons. The number of aliphatic imine (C=N–C) groups is 1. The van der Waals surface area contributed by atoms with Crippen LogP contribution in [0.2, 0.25) is 5.02 Å². The molecule has 0 aliphatic carbocycles. The molecule has 1 aliphatic heterocycles. The number of hydrogen-bond acceptors (Lipinski definition) is 2. The normalized spacial score (nSPS) is 16.9. The van der Waals surface area contributed by atoms with Crippen LogP contribution >= 0.6 is 24.2 Å². The number of hydrogen-bond donors (Lipinski definition) is 1. The Hall–Kier alpha value is -0.990. The Kier molecular flexibility index (Phi) is 4.31. The third-order valence-electron chi connectivity index (χ3n) is 3.07. The Balaban J connectivity index is 2.43. The molecule has 0 spiro atoms. The minimum atomic E-state index is 0.748. The number of dihydropyridines is 1. The van der Waals surface area contributed by atoms with Crippen LogP contribution < -0.4 is 0 Å². The van der Waals surface area contributed by atoms with Crippen molar-refractivity contribution < 1.29 is 0 Å². The van der Waals surface area contributed by atoms with Gasteiger partial charge in [0.1, 0.15) is 0 Å². The first-order valence-electron chi connectivity index (χ1n) is 5.97. The highest BCUT2D eigenvalue weighted by Gasteiger charge is 2.15. The summed E-state index contributed by atoms with van der Waals surface area (Å²) in [5.74, 6) is 0. The van der Waals surface area contributed by atoms with Gasteiger partial charge >= 0.3 is 0 Å². The average Bonchev–Trinajstić information content (AvgIpc) is 2.39. The van der Waals surface area contributed by atoms with Crippen molar-refractivity contribution in [1.29, 1.82) is 0 Å². The quantitative estimate of drug-likeness (QED) is 0.754. The lowest BCUT2D eigenvalue weighted by Gasteiger charge is -2.17. The number of benzene rings is 1. The zero-order chi connectivity index (χ0) is 13.1.